The molecule has 0 spiro atoms. The Labute approximate surface area is 122 Å². The molecule has 0 heterocycles. The molecule has 5 nitrogen and oxygen atoms in total. The molecule has 21 heavy (non-hydrogen) atoms. The quantitative estimate of drug-likeness (QED) is 0.676. The third kappa shape index (κ3) is 3.32. The van der Waals surface area contributed by atoms with Crippen molar-refractivity contribution < 1.29 is 24.1 Å². The van der Waals surface area contributed by atoms with Crippen LogP contribution in [0, 0.1) is 0 Å². The van der Waals surface area contributed by atoms with Crippen molar-refractivity contribution in [1.82, 2.24) is 0 Å². The number of hydrogen-bond acceptors (Lipinski definition) is 5. The van der Waals surface area contributed by atoms with Crippen molar-refractivity contribution in [3.05, 3.63) is 53.6 Å². The monoisotopic (exact) mass is 288 g/mol. The number of benzene rings is 2. The van der Waals surface area contributed by atoms with E-state index in [1.807, 2.05) is 6.07 Å². The summed E-state index contributed by atoms with van der Waals surface area (Å²) < 4.78 is 15.6. The number of carbonyl (C=O) groups excluding carboxylic acids is 1. The molecule has 2 aromatic rings. The lowest BCUT2D eigenvalue weighted by Crippen LogP contribution is -2.11. The molecule has 0 saturated heterocycles. The minimum Gasteiger partial charge on any atom is -0.496 e. The van der Waals surface area contributed by atoms with Crippen molar-refractivity contribution in [2.75, 3.05) is 14.2 Å². The second-order valence-electron chi connectivity index (χ2n) is 4.23. The third-order valence-electron chi connectivity index (χ3n) is 2.95. The fraction of sp³-hybridized carbons (Fsp3) is 0.188. The number of aliphatic hydroxyl groups excluding tert-OH is 1. The van der Waals surface area contributed by atoms with Crippen LogP contribution < -0.4 is 14.2 Å². The molecule has 1 N–H and O–H groups in total. The molecule has 0 unspecified atom stereocenters. The molecule has 0 bridgehead atoms. The van der Waals surface area contributed by atoms with Gasteiger partial charge in [-0.05, 0) is 24.3 Å². The SMILES string of the molecule is COc1cc(C(=O)Oc2ccccc2)c(OC)cc1CO. The van der Waals surface area contributed by atoms with Crippen LogP contribution in [0.5, 0.6) is 17.2 Å². The maximum absolute atomic E-state index is 12.2. The molecule has 110 valence electrons. The summed E-state index contributed by atoms with van der Waals surface area (Å²) in [6, 6.07) is 11.8. The fourth-order valence-electron chi connectivity index (χ4n) is 1.89. The topological polar surface area (TPSA) is 65.0 Å². The minimum atomic E-state index is -0.555. The van der Waals surface area contributed by atoms with E-state index in [4.69, 9.17) is 14.2 Å². The summed E-state index contributed by atoms with van der Waals surface area (Å²) in [5, 5.41) is 9.28. The normalized spacial score (nSPS) is 10.0. The summed E-state index contributed by atoms with van der Waals surface area (Å²) in [6.45, 7) is -0.215. The van der Waals surface area contributed by atoms with Crippen LogP contribution in [0.2, 0.25) is 0 Å². The molecule has 0 aliphatic carbocycles. The van der Waals surface area contributed by atoms with E-state index in [9.17, 15) is 9.90 Å². The van der Waals surface area contributed by atoms with E-state index in [0.717, 1.165) is 0 Å². The highest BCUT2D eigenvalue weighted by Crippen LogP contribution is 2.29. The molecule has 2 rings (SSSR count). The van der Waals surface area contributed by atoms with E-state index < -0.39 is 5.97 Å². The van der Waals surface area contributed by atoms with Gasteiger partial charge in [0.1, 0.15) is 22.8 Å². The first-order valence-electron chi connectivity index (χ1n) is 6.32. The molecule has 5 heteroatoms. The summed E-state index contributed by atoms with van der Waals surface area (Å²) in [5.41, 5.74) is 0.765. The molecule has 2 aromatic carbocycles. The number of aliphatic hydroxyl groups is 1. The number of rotatable bonds is 5. The number of esters is 1. The van der Waals surface area contributed by atoms with Gasteiger partial charge in [0.15, 0.2) is 0 Å². The van der Waals surface area contributed by atoms with Gasteiger partial charge in [-0.1, -0.05) is 18.2 Å². The minimum absolute atomic E-state index is 0.215. The fourth-order valence-corrected chi connectivity index (χ4v) is 1.89. The van der Waals surface area contributed by atoms with E-state index in [2.05, 4.69) is 0 Å². The summed E-state index contributed by atoms with van der Waals surface area (Å²) in [7, 11) is 2.91. The predicted octanol–water partition coefficient (Wildman–Crippen LogP) is 2.42. The highest BCUT2D eigenvalue weighted by Gasteiger charge is 2.18. The molecular weight excluding hydrogens is 272 g/mol. The maximum atomic E-state index is 12.2. The van der Waals surface area contributed by atoms with E-state index in [1.54, 1.807) is 30.3 Å². The van der Waals surface area contributed by atoms with Gasteiger partial charge < -0.3 is 19.3 Å². The Kier molecular flexibility index (Phi) is 4.79. The lowest BCUT2D eigenvalue weighted by atomic mass is 10.1. The van der Waals surface area contributed by atoms with Crippen molar-refractivity contribution in [3.63, 3.8) is 0 Å². The number of methoxy groups -OCH3 is 2. The number of carbonyl (C=O) groups is 1. The van der Waals surface area contributed by atoms with E-state index in [0.29, 0.717) is 22.8 Å². The highest BCUT2D eigenvalue weighted by atomic mass is 16.5. The van der Waals surface area contributed by atoms with Gasteiger partial charge in [0.25, 0.3) is 0 Å². The van der Waals surface area contributed by atoms with Crippen LogP contribution in [-0.2, 0) is 6.61 Å². The Bertz CT molecular complexity index is 622. The Balaban J connectivity index is 2.35. The molecule has 0 fully saturated rings. The van der Waals surface area contributed by atoms with Gasteiger partial charge in [0, 0.05) is 5.56 Å². The zero-order valence-electron chi connectivity index (χ0n) is 11.8. The third-order valence-corrected chi connectivity index (χ3v) is 2.95. The molecule has 0 saturated carbocycles. The molecule has 0 aliphatic heterocycles. The first kappa shape index (κ1) is 14.9. The van der Waals surface area contributed by atoms with Gasteiger partial charge >= 0.3 is 5.97 Å². The second-order valence-corrected chi connectivity index (χ2v) is 4.23. The van der Waals surface area contributed by atoms with Crippen LogP contribution >= 0.6 is 0 Å². The maximum Gasteiger partial charge on any atom is 0.347 e. The lowest BCUT2D eigenvalue weighted by Gasteiger charge is -2.13. The van der Waals surface area contributed by atoms with Crippen molar-refractivity contribution >= 4 is 5.97 Å². The van der Waals surface area contributed by atoms with Crippen LogP contribution in [-0.4, -0.2) is 25.3 Å². The zero-order valence-corrected chi connectivity index (χ0v) is 11.8. The molecule has 0 aromatic heterocycles. The van der Waals surface area contributed by atoms with Crippen molar-refractivity contribution in [2.45, 2.75) is 6.61 Å². The highest BCUT2D eigenvalue weighted by molar-refractivity contribution is 5.94. The standard InChI is InChI=1S/C16H16O5/c1-19-14-9-13(15(20-2)8-11(14)10-17)16(18)21-12-6-4-3-5-7-12/h3-9,17H,10H2,1-2H3. The van der Waals surface area contributed by atoms with Gasteiger partial charge in [-0.15, -0.1) is 0 Å². The number of hydrogen-bond donors (Lipinski definition) is 1. The molecular formula is C16H16O5. The predicted molar refractivity (Wildman–Crippen MR) is 76.9 cm³/mol. The average Bonchev–Trinajstić information content (AvgIpc) is 2.54. The van der Waals surface area contributed by atoms with Gasteiger partial charge in [-0.25, -0.2) is 4.79 Å². The number of para-hydroxylation sites is 1. The van der Waals surface area contributed by atoms with Crippen LogP contribution in [0.1, 0.15) is 15.9 Å². The Morgan fingerprint density at radius 3 is 2.29 bits per heavy atom. The van der Waals surface area contributed by atoms with Crippen molar-refractivity contribution in [1.29, 1.82) is 0 Å². The molecule has 0 atom stereocenters. The Hall–Kier alpha value is -2.53. The van der Waals surface area contributed by atoms with Gasteiger partial charge in [0.2, 0.25) is 0 Å². The summed E-state index contributed by atoms with van der Waals surface area (Å²) in [5.74, 6) is 0.606. The van der Waals surface area contributed by atoms with Crippen LogP contribution in [0.15, 0.2) is 42.5 Å². The smallest absolute Gasteiger partial charge is 0.347 e. The first-order valence-corrected chi connectivity index (χ1v) is 6.32. The van der Waals surface area contributed by atoms with Gasteiger partial charge in [-0.2, -0.15) is 0 Å². The zero-order chi connectivity index (χ0) is 15.2. The second kappa shape index (κ2) is 6.76. The summed E-state index contributed by atoms with van der Waals surface area (Å²) in [4.78, 5) is 12.2. The Morgan fingerprint density at radius 2 is 1.71 bits per heavy atom. The Morgan fingerprint density at radius 1 is 1.05 bits per heavy atom. The number of ether oxygens (including phenoxy) is 3. The van der Waals surface area contributed by atoms with Crippen molar-refractivity contribution in [3.8, 4) is 17.2 Å². The van der Waals surface area contributed by atoms with Crippen LogP contribution in [0.4, 0.5) is 0 Å². The van der Waals surface area contributed by atoms with Crippen LogP contribution in [0.25, 0.3) is 0 Å². The lowest BCUT2D eigenvalue weighted by molar-refractivity contribution is 0.0730. The van der Waals surface area contributed by atoms with Crippen LogP contribution in [0.3, 0.4) is 0 Å². The molecule has 0 aliphatic rings. The van der Waals surface area contributed by atoms with E-state index in [-0.39, 0.29) is 12.2 Å². The van der Waals surface area contributed by atoms with Gasteiger partial charge in [-0.3, -0.25) is 0 Å². The largest absolute Gasteiger partial charge is 0.496 e. The average molecular weight is 288 g/mol. The van der Waals surface area contributed by atoms with E-state index >= 15 is 0 Å². The van der Waals surface area contributed by atoms with E-state index in [1.165, 1.54) is 20.3 Å². The first-order chi connectivity index (χ1) is 10.2. The van der Waals surface area contributed by atoms with Crippen molar-refractivity contribution in [2.24, 2.45) is 0 Å². The molecule has 0 radical (unpaired) electrons. The summed E-state index contributed by atoms with van der Waals surface area (Å²) in [6.07, 6.45) is 0. The molecule has 0 amide bonds. The summed E-state index contributed by atoms with van der Waals surface area (Å²) >= 11 is 0. The van der Waals surface area contributed by atoms with Gasteiger partial charge in [0.05, 0.1) is 20.8 Å².